The van der Waals surface area contributed by atoms with Crippen molar-refractivity contribution in [1.29, 1.82) is 0 Å². The fourth-order valence-corrected chi connectivity index (χ4v) is 2.31. The van der Waals surface area contributed by atoms with E-state index in [-0.39, 0.29) is 23.7 Å². The molecule has 0 aromatic heterocycles. The summed E-state index contributed by atoms with van der Waals surface area (Å²) in [5.41, 5.74) is 0.763. The van der Waals surface area contributed by atoms with Gasteiger partial charge >= 0.3 is 0 Å². The van der Waals surface area contributed by atoms with Crippen LogP contribution in [-0.4, -0.2) is 13.6 Å². The predicted molar refractivity (Wildman–Crippen MR) is 73.1 cm³/mol. The van der Waals surface area contributed by atoms with Gasteiger partial charge in [0.25, 0.3) is 0 Å². The third-order valence-corrected chi connectivity index (χ3v) is 3.27. The van der Waals surface area contributed by atoms with Crippen LogP contribution in [0, 0.1) is 17.5 Å². The van der Waals surface area contributed by atoms with Crippen LogP contribution in [0.1, 0.15) is 17.0 Å². The molecule has 0 fully saturated rings. The van der Waals surface area contributed by atoms with E-state index in [0.29, 0.717) is 12.1 Å². The molecule has 4 heteroatoms. The molecule has 2 rings (SSSR count). The average Bonchev–Trinajstić information content (AvgIpc) is 2.43. The molecule has 0 aliphatic carbocycles. The molecule has 20 heavy (non-hydrogen) atoms. The summed E-state index contributed by atoms with van der Waals surface area (Å²) in [4.78, 5) is 0. The zero-order chi connectivity index (χ0) is 14.5. The highest BCUT2D eigenvalue weighted by molar-refractivity contribution is 5.27. The van der Waals surface area contributed by atoms with E-state index in [1.54, 1.807) is 25.2 Å². The summed E-state index contributed by atoms with van der Waals surface area (Å²) in [6, 6.07) is 9.74. The van der Waals surface area contributed by atoms with E-state index in [1.165, 1.54) is 12.1 Å². The predicted octanol–water partition coefficient (Wildman–Crippen LogP) is 3.65. The van der Waals surface area contributed by atoms with E-state index in [9.17, 15) is 13.2 Å². The highest BCUT2D eigenvalue weighted by atomic mass is 19.1. The van der Waals surface area contributed by atoms with Gasteiger partial charge in [-0.15, -0.1) is 0 Å². The number of halogens is 3. The Labute approximate surface area is 116 Å². The molecule has 2 aromatic carbocycles. The summed E-state index contributed by atoms with van der Waals surface area (Å²) in [6.07, 6.45) is 0.241. The lowest BCUT2D eigenvalue weighted by Crippen LogP contribution is -2.20. The Morgan fingerprint density at radius 3 is 2.45 bits per heavy atom. The van der Waals surface area contributed by atoms with Crippen LogP contribution in [0.5, 0.6) is 0 Å². The summed E-state index contributed by atoms with van der Waals surface area (Å²) in [5, 5.41) is 2.96. The first-order valence-electron chi connectivity index (χ1n) is 6.44. The third-order valence-electron chi connectivity index (χ3n) is 3.27. The molecular formula is C16H16F3N. The van der Waals surface area contributed by atoms with Crippen LogP contribution >= 0.6 is 0 Å². The maximum absolute atomic E-state index is 13.9. The van der Waals surface area contributed by atoms with Crippen molar-refractivity contribution in [1.82, 2.24) is 5.32 Å². The van der Waals surface area contributed by atoms with Crippen LogP contribution < -0.4 is 5.32 Å². The third kappa shape index (κ3) is 3.39. The van der Waals surface area contributed by atoms with Crippen molar-refractivity contribution in [3.8, 4) is 0 Å². The zero-order valence-corrected chi connectivity index (χ0v) is 11.2. The minimum absolute atomic E-state index is 0.241. The number of benzene rings is 2. The Morgan fingerprint density at radius 2 is 1.75 bits per heavy atom. The van der Waals surface area contributed by atoms with Crippen LogP contribution in [0.3, 0.4) is 0 Å². The number of hydrogen-bond acceptors (Lipinski definition) is 1. The van der Waals surface area contributed by atoms with Crippen molar-refractivity contribution < 1.29 is 13.2 Å². The van der Waals surface area contributed by atoms with Gasteiger partial charge in [-0.05, 0) is 48.9 Å². The quantitative estimate of drug-likeness (QED) is 0.881. The van der Waals surface area contributed by atoms with Crippen molar-refractivity contribution in [2.75, 3.05) is 13.6 Å². The molecule has 0 heterocycles. The molecule has 0 amide bonds. The van der Waals surface area contributed by atoms with Crippen molar-refractivity contribution in [3.05, 3.63) is 71.0 Å². The van der Waals surface area contributed by atoms with Crippen molar-refractivity contribution in [2.24, 2.45) is 0 Å². The van der Waals surface area contributed by atoms with E-state index < -0.39 is 11.6 Å². The van der Waals surface area contributed by atoms with E-state index in [2.05, 4.69) is 5.32 Å². The second kappa shape index (κ2) is 6.57. The maximum Gasteiger partial charge on any atom is 0.126 e. The normalized spacial score (nSPS) is 12.4. The molecule has 0 radical (unpaired) electrons. The first kappa shape index (κ1) is 14.6. The van der Waals surface area contributed by atoms with Crippen molar-refractivity contribution >= 4 is 0 Å². The van der Waals surface area contributed by atoms with Gasteiger partial charge in [0.1, 0.15) is 17.5 Å². The van der Waals surface area contributed by atoms with Gasteiger partial charge in [-0.1, -0.05) is 18.2 Å². The highest BCUT2D eigenvalue weighted by Crippen LogP contribution is 2.24. The number of likely N-dealkylation sites (N-methyl/N-ethyl adjacent to an activating group) is 1. The molecule has 106 valence electrons. The Kier molecular flexibility index (Phi) is 4.79. The lowest BCUT2D eigenvalue weighted by atomic mass is 9.91. The lowest BCUT2D eigenvalue weighted by molar-refractivity contribution is 0.535. The summed E-state index contributed by atoms with van der Waals surface area (Å²) in [5.74, 6) is -1.54. The fraction of sp³-hybridized carbons (Fsp3) is 0.250. The molecule has 0 bridgehead atoms. The standard InChI is InChI=1S/C16H16F3N/c1-20-10-12(14-4-2-3-5-16(14)19)8-11-9-13(17)6-7-15(11)18/h2-7,9,12,20H,8,10H2,1H3. The Morgan fingerprint density at radius 1 is 1.00 bits per heavy atom. The largest absolute Gasteiger partial charge is 0.319 e. The van der Waals surface area contributed by atoms with Gasteiger partial charge in [0.15, 0.2) is 0 Å². The first-order valence-corrected chi connectivity index (χ1v) is 6.44. The molecule has 1 atom stereocenters. The smallest absolute Gasteiger partial charge is 0.126 e. The van der Waals surface area contributed by atoms with E-state index in [0.717, 1.165) is 12.1 Å². The highest BCUT2D eigenvalue weighted by Gasteiger charge is 2.17. The minimum atomic E-state index is -0.488. The number of hydrogen-bond donors (Lipinski definition) is 1. The fourth-order valence-electron chi connectivity index (χ4n) is 2.31. The van der Waals surface area contributed by atoms with Crippen molar-refractivity contribution in [2.45, 2.75) is 12.3 Å². The summed E-state index contributed by atoms with van der Waals surface area (Å²) >= 11 is 0. The maximum atomic E-state index is 13.9. The molecule has 0 aliphatic rings. The monoisotopic (exact) mass is 279 g/mol. The lowest BCUT2D eigenvalue weighted by Gasteiger charge is -2.18. The molecular weight excluding hydrogens is 263 g/mol. The summed E-state index contributed by atoms with van der Waals surface area (Å²) in [6.45, 7) is 0.483. The van der Waals surface area contributed by atoms with Gasteiger partial charge < -0.3 is 5.32 Å². The molecule has 0 saturated carbocycles. The summed E-state index contributed by atoms with van der Waals surface area (Å²) in [7, 11) is 1.75. The average molecular weight is 279 g/mol. The van der Waals surface area contributed by atoms with Crippen LogP contribution in [0.25, 0.3) is 0 Å². The molecule has 1 nitrogen and oxygen atoms in total. The van der Waals surface area contributed by atoms with Gasteiger partial charge in [-0.25, -0.2) is 13.2 Å². The Bertz CT molecular complexity index is 584. The van der Waals surface area contributed by atoms with E-state index in [1.807, 2.05) is 0 Å². The zero-order valence-electron chi connectivity index (χ0n) is 11.2. The summed E-state index contributed by atoms with van der Waals surface area (Å²) < 4.78 is 40.8. The van der Waals surface area contributed by atoms with Gasteiger partial charge in [0, 0.05) is 12.5 Å². The van der Waals surface area contributed by atoms with Crippen LogP contribution in [-0.2, 0) is 6.42 Å². The van der Waals surface area contributed by atoms with Crippen molar-refractivity contribution in [3.63, 3.8) is 0 Å². The molecule has 0 aliphatic heterocycles. The Hall–Kier alpha value is -1.81. The van der Waals surface area contributed by atoms with Crippen LogP contribution in [0.2, 0.25) is 0 Å². The SMILES string of the molecule is CNCC(Cc1cc(F)ccc1F)c1ccccc1F. The van der Waals surface area contributed by atoms with E-state index in [4.69, 9.17) is 0 Å². The van der Waals surface area contributed by atoms with Crippen LogP contribution in [0.4, 0.5) is 13.2 Å². The molecule has 0 saturated heterocycles. The van der Waals surface area contributed by atoms with Crippen LogP contribution in [0.15, 0.2) is 42.5 Å². The molecule has 1 N–H and O–H groups in total. The second-order valence-corrected chi connectivity index (χ2v) is 4.72. The van der Waals surface area contributed by atoms with Gasteiger partial charge in [-0.2, -0.15) is 0 Å². The second-order valence-electron chi connectivity index (χ2n) is 4.72. The first-order chi connectivity index (χ1) is 9.61. The topological polar surface area (TPSA) is 12.0 Å². The number of nitrogens with one attached hydrogen (secondary N) is 1. The molecule has 1 unspecified atom stereocenters. The van der Waals surface area contributed by atoms with Gasteiger partial charge in [-0.3, -0.25) is 0 Å². The van der Waals surface area contributed by atoms with E-state index >= 15 is 0 Å². The Balaban J connectivity index is 2.30. The molecule has 2 aromatic rings. The number of rotatable bonds is 5. The van der Waals surface area contributed by atoms with Gasteiger partial charge in [0.2, 0.25) is 0 Å². The van der Waals surface area contributed by atoms with Gasteiger partial charge in [0.05, 0.1) is 0 Å². The molecule has 0 spiro atoms. The minimum Gasteiger partial charge on any atom is -0.319 e.